The first-order valence-electron chi connectivity index (χ1n) is 11.1. The van der Waals surface area contributed by atoms with Gasteiger partial charge in [-0.15, -0.1) is 0 Å². The number of allylic oxidation sites excluding steroid dienone is 2. The number of hydrogen-bond donors (Lipinski definition) is 2. The van der Waals surface area contributed by atoms with Gasteiger partial charge in [0.2, 0.25) is 0 Å². The number of methoxy groups -OCH3 is 1. The van der Waals surface area contributed by atoms with Crippen molar-refractivity contribution in [3.63, 3.8) is 0 Å². The summed E-state index contributed by atoms with van der Waals surface area (Å²) < 4.78 is 7.04. The van der Waals surface area contributed by atoms with Crippen LogP contribution in [0.4, 0.5) is 11.5 Å². The lowest BCUT2D eigenvalue weighted by molar-refractivity contribution is -0.118. The number of anilines is 2. The fourth-order valence-electron chi connectivity index (χ4n) is 4.70. The van der Waals surface area contributed by atoms with Crippen molar-refractivity contribution in [3.05, 3.63) is 82.1 Å². The Labute approximate surface area is 202 Å². The van der Waals surface area contributed by atoms with Crippen molar-refractivity contribution in [2.75, 3.05) is 17.7 Å². The van der Waals surface area contributed by atoms with Crippen molar-refractivity contribution < 1.29 is 14.3 Å². The molecule has 1 atom stereocenters. The van der Waals surface area contributed by atoms with E-state index >= 15 is 0 Å². The predicted molar refractivity (Wildman–Crippen MR) is 131 cm³/mol. The number of ketones is 1. The molecular formula is C26H25ClN4O3. The minimum absolute atomic E-state index is 0.0906. The van der Waals surface area contributed by atoms with E-state index in [1.165, 1.54) is 6.20 Å². The van der Waals surface area contributed by atoms with E-state index in [9.17, 15) is 9.59 Å². The summed E-state index contributed by atoms with van der Waals surface area (Å²) in [5, 5.41) is 11.4. The zero-order valence-corrected chi connectivity index (χ0v) is 19.9. The number of aromatic nitrogens is 2. The second-order valence-electron chi connectivity index (χ2n) is 9.45. The van der Waals surface area contributed by atoms with Crippen molar-refractivity contribution in [1.29, 1.82) is 0 Å². The van der Waals surface area contributed by atoms with Gasteiger partial charge in [-0.05, 0) is 53.8 Å². The predicted octanol–water partition coefficient (Wildman–Crippen LogP) is 5.46. The quantitative estimate of drug-likeness (QED) is 0.522. The number of nitrogens with zero attached hydrogens (tertiary/aromatic N) is 2. The monoisotopic (exact) mass is 476 g/mol. The molecule has 3 aromatic rings. The van der Waals surface area contributed by atoms with Crippen molar-refractivity contribution in [1.82, 2.24) is 9.78 Å². The third-order valence-electron chi connectivity index (χ3n) is 6.28. The number of ether oxygens (including phenoxy) is 1. The first-order valence-corrected chi connectivity index (χ1v) is 11.5. The maximum Gasteiger partial charge on any atom is 0.261 e. The number of amides is 1. The van der Waals surface area contributed by atoms with Crippen LogP contribution in [0.1, 0.15) is 48.7 Å². The Kier molecular flexibility index (Phi) is 5.44. The van der Waals surface area contributed by atoms with Crippen LogP contribution in [0, 0.1) is 5.41 Å². The summed E-state index contributed by atoms with van der Waals surface area (Å²) >= 11 is 5.96. The van der Waals surface area contributed by atoms with Crippen LogP contribution in [-0.2, 0) is 4.79 Å². The van der Waals surface area contributed by atoms with Crippen LogP contribution in [0.25, 0.3) is 0 Å². The van der Waals surface area contributed by atoms with Gasteiger partial charge in [-0.2, -0.15) is 5.10 Å². The van der Waals surface area contributed by atoms with Crippen LogP contribution in [0.15, 0.2) is 66.0 Å². The molecule has 2 heterocycles. The number of halogens is 1. The van der Waals surface area contributed by atoms with Crippen molar-refractivity contribution >= 4 is 34.8 Å². The molecule has 2 N–H and O–H groups in total. The van der Waals surface area contributed by atoms with Crippen molar-refractivity contribution in [2.45, 2.75) is 32.7 Å². The van der Waals surface area contributed by atoms with Crippen molar-refractivity contribution in [2.24, 2.45) is 5.41 Å². The Morgan fingerprint density at radius 3 is 2.53 bits per heavy atom. The summed E-state index contributed by atoms with van der Waals surface area (Å²) in [6, 6.07) is 14.1. The number of nitrogens with one attached hydrogen (secondary N) is 2. The zero-order valence-electron chi connectivity index (χ0n) is 19.2. The largest absolute Gasteiger partial charge is 0.497 e. The van der Waals surface area contributed by atoms with Crippen LogP contribution in [0.5, 0.6) is 5.75 Å². The molecule has 1 aliphatic carbocycles. The number of benzene rings is 2. The van der Waals surface area contributed by atoms with E-state index in [-0.39, 0.29) is 17.1 Å². The number of rotatable bonds is 4. The number of carbonyl (C=O) groups is 2. The normalized spacial score (nSPS) is 18.6. The average molecular weight is 477 g/mol. The molecule has 0 spiro atoms. The average Bonchev–Trinajstić information content (AvgIpc) is 3.22. The molecule has 1 unspecified atom stereocenters. The second kappa shape index (κ2) is 8.33. The molecule has 0 radical (unpaired) electrons. The smallest absolute Gasteiger partial charge is 0.261 e. The summed E-state index contributed by atoms with van der Waals surface area (Å²) in [6.45, 7) is 4.16. The minimum Gasteiger partial charge on any atom is -0.497 e. The van der Waals surface area contributed by atoms with Gasteiger partial charge in [-0.3, -0.25) is 9.59 Å². The number of hydrogen-bond acceptors (Lipinski definition) is 5. The van der Waals surface area contributed by atoms with Crippen LogP contribution in [-0.4, -0.2) is 28.6 Å². The Balaban J connectivity index is 1.58. The third kappa shape index (κ3) is 3.96. The Morgan fingerprint density at radius 2 is 1.85 bits per heavy atom. The van der Waals surface area contributed by atoms with Gasteiger partial charge in [0.05, 0.1) is 13.3 Å². The van der Waals surface area contributed by atoms with Gasteiger partial charge in [-0.1, -0.05) is 37.6 Å². The summed E-state index contributed by atoms with van der Waals surface area (Å²) in [7, 11) is 1.62. The SMILES string of the molecule is COc1ccc(C2C3=C(CC(C)(C)CC3=O)Nc3c(C(=O)Nc4ccc(Cl)cc4)cnn32)cc1. The van der Waals surface area contributed by atoms with Gasteiger partial charge in [0.15, 0.2) is 5.78 Å². The highest BCUT2D eigenvalue weighted by Gasteiger charge is 2.42. The molecule has 0 bridgehead atoms. The Morgan fingerprint density at radius 1 is 1.15 bits per heavy atom. The van der Waals surface area contributed by atoms with Gasteiger partial charge in [0.1, 0.15) is 23.2 Å². The number of carbonyl (C=O) groups excluding carboxylic acids is 2. The molecule has 1 aromatic heterocycles. The molecule has 0 saturated heterocycles. The molecule has 1 amide bonds. The summed E-state index contributed by atoms with van der Waals surface area (Å²) in [6.07, 6.45) is 2.70. The standard InChI is InChI=1S/C26H25ClN4O3/c1-26(2)12-20-22(21(32)13-26)23(15-4-10-18(34-3)11-5-15)31-24(30-20)19(14-28-31)25(33)29-17-8-6-16(27)7-9-17/h4-11,14,23,30H,12-13H2,1-3H3,(H,29,33). The fourth-order valence-corrected chi connectivity index (χ4v) is 4.83. The van der Waals surface area contributed by atoms with E-state index in [2.05, 4.69) is 29.6 Å². The summed E-state index contributed by atoms with van der Waals surface area (Å²) in [4.78, 5) is 26.5. The molecule has 1 aliphatic heterocycles. The topological polar surface area (TPSA) is 85.2 Å². The van der Waals surface area contributed by atoms with Crippen LogP contribution in [0.2, 0.25) is 5.02 Å². The molecule has 0 fully saturated rings. The lowest BCUT2D eigenvalue weighted by atomic mass is 9.73. The van der Waals surface area contributed by atoms with E-state index in [1.807, 2.05) is 24.3 Å². The zero-order chi connectivity index (χ0) is 24.0. The lowest BCUT2D eigenvalue weighted by Gasteiger charge is -2.39. The molecule has 174 valence electrons. The van der Waals surface area contributed by atoms with E-state index in [1.54, 1.807) is 36.1 Å². The first kappa shape index (κ1) is 22.2. The van der Waals surface area contributed by atoms with Crippen LogP contribution >= 0.6 is 11.6 Å². The van der Waals surface area contributed by atoms with Crippen LogP contribution in [0.3, 0.4) is 0 Å². The van der Waals surface area contributed by atoms with E-state index in [4.69, 9.17) is 16.3 Å². The highest BCUT2D eigenvalue weighted by atomic mass is 35.5. The van der Waals surface area contributed by atoms with E-state index in [0.29, 0.717) is 40.5 Å². The number of Topliss-reactive ketones (excluding diaryl/α,β-unsaturated/α-hetero) is 1. The van der Waals surface area contributed by atoms with Gasteiger partial charge < -0.3 is 15.4 Å². The Hall–Kier alpha value is -3.58. The van der Waals surface area contributed by atoms with Gasteiger partial charge in [0, 0.05) is 28.4 Å². The highest BCUT2D eigenvalue weighted by Crippen LogP contribution is 2.46. The van der Waals surface area contributed by atoms with Gasteiger partial charge in [-0.25, -0.2) is 4.68 Å². The van der Waals surface area contributed by atoms with Gasteiger partial charge >= 0.3 is 0 Å². The molecule has 2 aliphatic rings. The van der Waals surface area contributed by atoms with Crippen LogP contribution < -0.4 is 15.4 Å². The van der Waals surface area contributed by atoms with Crippen molar-refractivity contribution in [3.8, 4) is 5.75 Å². The fraction of sp³-hybridized carbons (Fsp3) is 0.269. The molecule has 8 heteroatoms. The molecule has 5 rings (SSSR count). The molecule has 0 saturated carbocycles. The molecule has 34 heavy (non-hydrogen) atoms. The number of fused-ring (bicyclic) bond motifs is 1. The van der Waals surface area contributed by atoms with E-state index < -0.39 is 6.04 Å². The highest BCUT2D eigenvalue weighted by molar-refractivity contribution is 6.30. The second-order valence-corrected chi connectivity index (χ2v) is 9.88. The first-order chi connectivity index (χ1) is 16.3. The maximum atomic E-state index is 13.3. The Bertz CT molecular complexity index is 1310. The molecular weight excluding hydrogens is 452 g/mol. The molecule has 7 nitrogen and oxygen atoms in total. The molecule has 2 aromatic carbocycles. The lowest BCUT2D eigenvalue weighted by Crippen LogP contribution is -2.37. The van der Waals surface area contributed by atoms with Gasteiger partial charge in [0.25, 0.3) is 5.91 Å². The summed E-state index contributed by atoms with van der Waals surface area (Å²) in [5.74, 6) is 1.09. The third-order valence-corrected chi connectivity index (χ3v) is 6.53. The van der Waals surface area contributed by atoms with E-state index in [0.717, 1.165) is 17.0 Å². The minimum atomic E-state index is -0.433. The maximum absolute atomic E-state index is 13.3. The summed E-state index contributed by atoms with van der Waals surface area (Å²) in [5.41, 5.74) is 3.29.